The summed E-state index contributed by atoms with van der Waals surface area (Å²) in [6, 6.07) is 56.8. The van der Waals surface area contributed by atoms with Gasteiger partial charge in [0.05, 0.1) is 0 Å². The van der Waals surface area contributed by atoms with Crippen LogP contribution in [0, 0.1) is 0 Å². The predicted octanol–water partition coefficient (Wildman–Crippen LogP) is 12.0. The molecule has 1 heteroatoms. The molecular weight excluding hydrogens is 520 g/mol. The molecule has 0 aliphatic carbocycles. The Labute approximate surface area is 249 Å². The molecule has 0 spiro atoms. The molecule has 0 N–H and O–H groups in total. The molecule has 0 fully saturated rings. The van der Waals surface area contributed by atoms with E-state index < -0.39 is 0 Å². The summed E-state index contributed by atoms with van der Waals surface area (Å²) in [5, 5.41) is 9.83. The summed E-state index contributed by atoms with van der Waals surface area (Å²) in [5.41, 5.74) is 9.23. The second-order valence-electron chi connectivity index (χ2n) is 11.3. The van der Waals surface area contributed by atoms with E-state index in [1.165, 1.54) is 71.1 Å². The number of para-hydroxylation sites is 1. The van der Waals surface area contributed by atoms with Crippen LogP contribution in [0.5, 0.6) is 0 Å². The molecule has 1 aromatic heterocycles. The zero-order chi connectivity index (χ0) is 28.3. The largest absolute Gasteiger partial charge is 0.456 e. The van der Waals surface area contributed by atoms with Gasteiger partial charge in [-0.25, -0.2) is 0 Å². The Morgan fingerprint density at radius 2 is 0.860 bits per heavy atom. The Hall–Kier alpha value is -5.66. The molecule has 0 unspecified atom stereocenters. The highest BCUT2D eigenvalue weighted by Crippen LogP contribution is 2.46. The molecule has 0 amide bonds. The number of furan rings is 1. The van der Waals surface area contributed by atoms with Crippen molar-refractivity contribution in [3.05, 3.63) is 158 Å². The van der Waals surface area contributed by atoms with E-state index in [0.717, 1.165) is 16.6 Å². The third-order valence-electron chi connectivity index (χ3n) is 8.86. The maximum atomic E-state index is 6.30. The molecule has 1 heterocycles. The highest BCUT2D eigenvalue weighted by molar-refractivity contribution is 6.25. The Morgan fingerprint density at radius 3 is 1.58 bits per heavy atom. The van der Waals surface area contributed by atoms with Crippen LogP contribution in [0.4, 0.5) is 0 Å². The van der Waals surface area contributed by atoms with Crippen LogP contribution in [0.1, 0.15) is 0 Å². The summed E-state index contributed by atoms with van der Waals surface area (Å²) in [5.74, 6) is 0. The molecule has 200 valence electrons. The molecule has 0 radical (unpaired) electrons. The second kappa shape index (κ2) is 9.44. The van der Waals surface area contributed by atoms with Gasteiger partial charge in [0.15, 0.2) is 0 Å². The molecule has 0 aliphatic rings. The van der Waals surface area contributed by atoms with Crippen molar-refractivity contribution in [2.45, 2.75) is 0 Å². The lowest BCUT2D eigenvalue weighted by atomic mass is 9.84. The van der Waals surface area contributed by atoms with Gasteiger partial charge in [-0.05, 0) is 83.9 Å². The van der Waals surface area contributed by atoms with E-state index in [2.05, 4.69) is 152 Å². The van der Waals surface area contributed by atoms with E-state index in [1.807, 2.05) is 6.07 Å². The minimum absolute atomic E-state index is 0.917. The van der Waals surface area contributed by atoms with E-state index in [9.17, 15) is 0 Å². The molecule has 43 heavy (non-hydrogen) atoms. The van der Waals surface area contributed by atoms with Gasteiger partial charge in [-0.15, -0.1) is 0 Å². The van der Waals surface area contributed by atoms with Crippen molar-refractivity contribution in [2.75, 3.05) is 0 Å². The topological polar surface area (TPSA) is 13.1 Å². The number of benzene rings is 8. The molecule has 0 atom stereocenters. The lowest BCUT2D eigenvalue weighted by Gasteiger charge is -2.18. The van der Waals surface area contributed by atoms with E-state index >= 15 is 0 Å². The third kappa shape index (κ3) is 3.72. The summed E-state index contributed by atoms with van der Waals surface area (Å²) >= 11 is 0. The highest BCUT2D eigenvalue weighted by atomic mass is 16.3. The smallest absolute Gasteiger partial charge is 0.136 e. The van der Waals surface area contributed by atoms with Gasteiger partial charge >= 0.3 is 0 Å². The first-order chi connectivity index (χ1) is 21.3. The average molecular weight is 547 g/mol. The summed E-state index contributed by atoms with van der Waals surface area (Å²) in [6.07, 6.45) is 0. The maximum Gasteiger partial charge on any atom is 0.136 e. The number of hydrogen-bond donors (Lipinski definition) is 0. The number of fused-ring (bicyclic) bond motifs is 6. The summed E-state index contributed by atoms with van der Waals surface area (Å²) < 4.78 is 6.30. The standard InChI is InChI=1S/C42H26O/c1-2-11-30-26-31(25-22-27(30)10-1)28-20-23-29(24-21-28)40-32-12-3-5-14-34(32)41(35-15-6-4-13-33(35)40)37-17-9-19-39-42(37)36-16-7-8-18-38(36)43-39/h1-26H. The van der Waals surface area contributed by atoms with E-state index in [-0.39, 0.29) is 0 Å². The van der Waals surface area contributed by atoms with Crippen molar-refractivity contribution < 1.29 is 4.42 Å². The molecular formula is C42H26O. The van der Waals surface area contributed by atoms with E-state index in [1.54, 1.807) is 0 Å². The van der Waals surface area contributed by atoms with Crippen LogP contribution in [-0.4, -0.2) is 0 Å². The predicted molar refractivity (Wildman–Crippen MR) is 183 cm³/mol. The fraction of sp³-hybridized carbons (Fsp3) is 0. The van der Waals surface area contributed by atoms with Gasteiger partial charge in [0, 0.05) is 10.8 Å². The molecule has 0 bridgehead atoms. The molecule has 8 aromatic carbocycles. The van der Waals surface area contributed by atoms with E-state index in [0.29, 0.717) is 0 Å². The zero-order valence-electron chi connectivity index (χ0n) is 23.4. The first-order valence-electron chi connectivity index (χ1n) is 14.8. The van der Waals surface area contributed by atoms with Crippen LogP contribution in [-0.2, 0) is 0 Å². The quantitative estimate of drug-likeness (QED) is 0.201. The third-order valence-corrected chi connectivity index (χ3v) is 8.86. The van der Waals surface area contributed by atoms with Crippen molar-refractivity contribution >= 4 is 54.3 Å². The molecule has 0 saturated carbocycles. The van der Waals surface area contributed by atoms with Gasteiger partial charge in [0.2, 0.25) is 0 Å². The van der Waals surface area contributed by atoms with Crippen molar-refractivity contribution in [2.24, 2.45) is 0 Å². The zero-order valence-corrected chi connectivity index (χ0v) is 23.4. The second-order valence-corrected chi connectivity index (χ2v) is 11.3. The van der Waals surface area contributed by atoms with Crippen molar-refractivity contribution in [1.82, 2.24) is 0 Å². The van der Waals surface area contributed by atoms with Crippen LogP contribution >= 0.6 is 0 Å². The van der Waals surface area contributed by atoms with Crippen molar-refractivity contribution in [3.8, 4) is 33.4 Å². The monoisotopic (exact) mass is 546 g/mol. The van der Waals surface area contributed by atoms with Crippen LogP contribution in [0.3, 0.4) is 0 Å². The SMILES string of the molecule is c1ccc2cc(-c3ccc(-c4c5ccccc5c(-c5cccc6oc7ccccc7c56)c5ccccc45)cc3)ccc2c1. The minimum Gasteiger partial charge on any atom is -0.456 e. The number of rotatable bonds is 3. The fourth-order valence-corrected chi connectivity index (χ4v) is 6.91. The molecule has 9 aromatic rings. The molecule has 0 saturated heterocycles. The lowest BCUT2D eigenvalue weighted by molar-refractivity contribution is 0.669. The van der Waals surface area contributed by atoms with E-state index in [4.69, 9.17) is 4.42 Å². The Morgan fingerprint density at radius 1 is 0.326 bits per heavy atom. The first-order valence-corrected chi connectivity index (χ1v) is 14.8. The van der Waals surface area contributed by atoms with Gasteiger partial charge < -0.3 is 4.42 Å². The van der Waals surface area contributed by atoms with Gasteiger partial charge in [-0.2, -0.15) is 0 Å². The number of hydrogen-bond acceptors (Lipinski definition) is 1. The normalized spacial score (nSPS) is 11.7. The van der Waals surface area contributed by atoms with Crippen molar-refractivity contribution in [1.29, 1.82) is 0 Å². The van der Waals surface area contributed by atoms with Crippen LogP contribution in [0.15, 0.2) is 162 Å². The lowest BCUT2D eigenvalue weighted by Crippen LogP contribution is -1.91. The van der Waals surface area contributed by atoms with Gasteiger partial charge in [0.1, 0.15) is 11.2 Å². The van der Waals surface area contributed by atoms with Crippen LogP contribution in [0.25, 0.3) is 87.6 Å². The fourth-order valence-electron chi connectivity index (χ4n) is 6.91. The minimum atomic E-state index is 0.917. The molecule has 1 nitrogen and oxygen atoms in total. The average Bonchev–Trinajstić information content (AvgIpc) is 3.46. The Kier molecular flexibility index (Phi) is 5.27. The van der Waals surface area contributed by atoms with Gasteiger partial charge in [0.25, 0.3) is 0 Å². The first kappa shape index (κ1) is 24.0. The molecule has 9 rings (SSSR count). The van der Waals surface area contributed by atoms with Crippen molar-refractivity contribution in [3.63, 3.8) is 0 Å². The summed E-state index contributed by atoms with van der Waals surface area (Å²) in [4.78, 5) is 0. The van der Waals surface area contributed by atoms with Gasteiger partial charge in [-0.3, -0.25) is 0 Å². The van der Waals surface area contributed by atoms with Crippen LogP contribution in [0.2, 0.25) is 0 Å². The van der Waals surface area contributed by atoms with Gasteiger partial charge in [-0.1, -0.05) is 140 Å². The summed E-state index contributed by atoms with van der Waals surface area (Å²) in [6.45, 7) is 0. The maximum absolute atomic E-state index is 6.30. The Balaban J connectivity index is 1.29. The van der Waals surface area contributed by atoms with Crippen LogP contribution < -0.4 is 0 Å². The molecule has 0 aliphatic heterocycles. The Bertz CT molecular complexity index is 2440. The highest BCUT2D eigenvalue weighted by Gasteiger charge is 2.20. The summed E-state index contributed by atoms with van der Waals surface area (Å²) in [7, 11) is 0.